The van der Waals surface area contributed by atoms with Crippen LogP contribution in [0.1, 0.15) is 11.6 Å². The molecule has 0 aliphatic rings. The third-order valence-corrected chi connectivity index (χ3v) is 2.01. The van der Waals surface area contributed by atoms with Crippen LogP contribution in [-0.2, 0) is 0 Å². The average Bonchev–Trinajstić information content (AvgIpc) is 2.05. The van der Waals surface area contributed by atoms with Crippen LogP contribution >= 0.6 is 22.6 Å². The highest BCUT2D eigenvalue weighted by Gasteiger charge is 2.02. The number of pyridine rings is 1. The highest BCUT2D eigenvalue weighted by Crippen LogP contribution is 2.09. The first-order chi connectivity index (χ1) is 5.24. The second kappa shape index (κ2) is 3.99. The van der Waals surface area contributed by atoms with Gasteiger partial charge in [-0.1, -0.05) is 6.07 Å². The summed E-state index contributed by atoms with van der Waals surface area (Å²) in [6.45, 7) is -0.0394. The minimum atomic E-state index is -0.306. The summed E-state index contributed by atoms with van der Waals surface area (Å²) in [6.07, 6.45) is 1.68. The van der Waals surface area contributed by atoms with Crippen molar-refractivity contribution in [2.75, 3.05) is 6.61 Å². The van der Waals surface area contributed by atoms with E-state index < -0.39 is 0 Å². The summed E-state index contributed by atoms with van der Waals surface area (Å²) in [5.74, 6) is 0. The van der Waals surface area contributed by atoms with E-state index in [1.54, 1.807) is 6.20 Å². The van der Waals surface area contributed by atoms with Gasteiger partial charge in [0.2, 0.25) is 0 Å². The van der Waals surface area contributed by atoms with Gasteiger partial charge in [-0.25, -0.2) is 4.98 Å². The summed E-state index contributed by atoms with van der Waals surface area (Å²) in [7, 11) is 0. The molecular weight excluding hydrogens is 255 g/mol. The lowest BCUT2D eigenvalue weighted by Gasteiger charge is -2.06. The van der Waals surface area contributed by atoms with Crippen LogP contribution in [0, 0.1) is 3.70 Å². The van der Waals surface area contributed by atoms with E-state index in [1.807, 2.05) is 12.1 Å². The summed E-state index contributed by atoms with van der Waals surface area (Å²) in [5.41, 5.74) is 6.42. The molecule has 3 N–H and O–H groups in total. The Hall–Kier alpha value is -0.200. The van der Waals surface area contributed by atoms with Crippen LogP contribution < -0.4 is 5.73 Å². The fourth-order valence-electron chi connectivity index (χ4n) is 0.712. The zero-order valence-electron chi connectivity index (χ0n) is 5.87. The highest BCUT2D eigenvalue weighted by atomic mass is 127. The second-order valence-electron chi connectivity index (χ2n) is 2.20. The van der Waals surface area contributed by atoms with Crippen molar-refractivity contribution in [2.45, 2.75) is 6.04 Å². The first-order valence-electron chi connectivity index (χ1n) is 3.22. The number of rotatable bonds is 2. The van der Waals surface area contributed by atoms with Crippen molar-refractivity contribution in [1.82, 2.24) is 4.98 Å². The molecule has 0 saturated heterocycles. The van der Waals surface area contributed by atoms with Crippen molar-refractivity contribution in [2.24, 2.45) is 5.73 Å². The van der Waals surface area contributed by atoms with E-state index in [0.717, 1.165) is 9.26 Å². The Bertz CT molecular complexity index is 224. The van der Waals surface area contributed by atoms with Crippen LogP contribution in [0.2, 0.25) is 0 Å². The minimum absolute atomic E-state index is 0.0394. The molecule has 11 heavy (non-hydrogen) atoms. The van der Waals surface area contributed by atoms with E-state index in [-0.39, 0.29) is 12.6 Å². The fourth-order valence-corrected chi connectivity index (χ4v) is 1.03. The molecule has 1 unspecified atom stereocenters. The molecule has 1 aromatic rings. The minimum Gasteiger partial charge on any atom is -0.394 e. The summed E-state index contributed by atoms with van der Waals surface area (Å²) >= 11 is 2.12. The maximum absolute atomic E-state index is 8.70. The van der Waals surface area contributed by atoms with Gasteiger partial charge in [0.1, 0.15) is 3.70 Å². The zero-order valence-corrected chi connectivity index (χ0v) is 8.02. The third kappa shape index (κ3) is 2.39. The first kappa shape index (κ1) is 8.89. The Kier molecular flexibility index (Phi) is 3.22. The van der Waals surface area contributed by atoms with Gasteiger partial charge in [-0.05, 0) is 34.2 Å². The van der Waals surface area contributed by atoms with E-state index in [9.17, 15) is 0 Å². The largest absolute Gasteiger partial charge is 0.394 e. The Morgan fingerprint density at radius 2 is 2.36 bits per heavy atom. The fraction of sp³-hybridized carbons (Fsp3) is 0.286. The van der Waals surface area contributed by atoms with E-state index in [4.69, 9.17) is 10.8 Å². The molecule has 0 spiro atoms. The monoisotopic (exact) mass is 264 g/mol. The van der Waals surface area contributed by atoms with Crippen LogP contribution in [0.4, 0.5) is 0 Å². The molecule has 0 fully saturated rings. The Balaban J connectivity index is 2.81. The molecule has 0 aliphatic carbocycles. The number of hydrogen-bond acceptors (Lipinski definition) is 3. The van der Waals surface area contributed by atoms with Gasteiger partial charge in [-0.3, -0.25) is 0 Å². The average molecular weight is 264 g/mol. The second-order valence-corrected chi connectivity index (χ2v) is 3.31. The van der Waals surface area contributed by atoms with Gasteiger partial charge in [0, 0.05) is 6.20 Å². The molecule has 0 radical (unpaired) electrons. The molecule has 60 valence electrons. The van der Waals surface area contributed by atoms with Crippen molar-refractivity contribution >= 4 is 22.6 Å². The van der Waals surface area contributed by atoms with Crippen LogP contribution in [0.3, 0.4) is 0 Å². The van der Waals surface area contributed by atoms with Gasteiger partial charge in [-0.15, -0.1) is 0 Å². The number of hydrogen-bond donors (Lipinski definition) is 2. The number of aromatic nitrogens is 1. The molecule has 1 atom stereocenters. The smallest absolute Gasteiger partial charge is 0.101 e. The number of aliphatic hydroxyl groups is 1. The van der Waals surface area contributed by atoms with Gasteiger partial charge in [0.05, 0.1) is 12.6 Å². The molecule has 4 heteroatoms. The van der Waals surface area contributed by atoms with Crippen molar-refractivity contribution in [3.05, 3.63) is 27.6 Å². The van der Waals surface area contributed by atoms with E-state index >= 15 is 0 Å². The molecule has 0 aliphatic heterocycles. The zero-order chi connectivity index (χ0) is 8.27. The van der Waals surface area contributed by atoms with Gasteiger partial charge >= 0.3 is 0 Å². The number of halogens is 1. The van der Waals surface area contributed by atoms with Gasteiger partial charge < -0.3 is 10.8 Å². The summed E-state index contributed by atoms with van der Waals surface area (Å²) in [5, 5.41) is 8.70. The predicted octanol–water partition coefficient (Wildman–Crippen LogP) is 0.678. The van der Waals surface area contributed by atoms with Crippen molar-refractivity contribution in [1.29, 1.82) is 0 Å². The van der Waals surface area contributed by atoms with Crippen LogP contribution in [0.15, 0.2) is 18.3 Å². The maximum Gasteiger partial charge on any atom is 0.101 e. The Morgan fingerprint density at radius 1 is 1.64 bits per heavy atom. The number of nitrogens with two attached hydrogens (primary N) is 1. The van der Waals surface area contributed by atoms with Crippen molar-refractivity contribution < 1.29 is 5.11 Å². The van der Waals surface area contributed by atoms with Crippen LogP contribution in [0.5, 0.6) is 0 Å². The van der Waals surface area contributed by atoms with E-state index in [2.05, 4.69) is 27.6 Å². The first-order valence-corrected chi connectivity index (χ1v) is 4.30. The topological polar surface area (TPSA) is 59.1 Å². The van der Waals surface area contributed by atoms with Crippen LogP contribution in [-0.4, -0.2) is 16.7 Å². The SMILES string of the molecule is NC(CO)c1ccc(I)nc1. The van der Waals surface area contributed by atoms with Crippen LogP contribution in [0.25, 0.3) is 0 Å². The third-order valence-electron chi connectivity index (χ3n) is 1.38. The molecule has 0 bridgehead atoms. The molecule has 1 aromatic heterocycles. The van der Waals surface area contributed by atoms with Gasteiger partial charge in [0.25, 0.3) is 0 Å². The predicted molar refractivity (Wildman–Crippen MR) is 51.0 cm³/mol. The van der Waals surface area contributed by atoms with E-state index in [1.165, 1.54) is 0 Å². The van der Waals surface area contributed by atoms with Gasteiger partial charge in [0.15, 0.2) is 0 Å². The van der Waals surface area contributed by atoms with Crippen molar-refractivity contribution in [3.63, 3.8) is 0 Å². The summed E-state index contributed by atoms with van der Waals surface area (Å²) in [6, 6.07) is 3.43. The Labute approximate surface area is 78.8 Å². The summed E-state index contributed by atoms with van der Waals surface area (Å²) < 4.78 is 0.927. The molecule has 3 nitrogen and oxygen atoms in total. The lowest BCUT2D eigenvalue weighted by molar-refractivity contribution is 0.268. The van der Waals surface area contributed by atoms with Gasteiger partial charge in [-0.2, -0.15) is 0 Å². The quantitative estimate of drug-likeness (QED) is 0.610. The lowest BCUT2D eigenvalue weighted by atomic mass is 10.1. The van der Waals surface area contributed by atoms with Crippen molar-refractivity contribution in [3.8, 4) is 0 Å². The summed E-state index contributed by atoms with van der Waals surface area (Å²) in [4.78, 5) is 4.04. The number of nitrogens with zero attached hydrogens (tertiary/aromatic N) is 1. The maximum atomic E-state index is 8.70. The molecular formula is C7H9IN2O. The molecule has 0 saturated carbocycles. The van der Waals surface area contributed by atoms with E-state index in [0.29, 0.717) is 0 Å². The molecule has 0 aromatic carbocycles. The number of aliphatic hydroxyl groups excluding tert-OH is 1. The molecule has 1 rings (SSSR count). The standard InChI is InChI=1S/C7H9IN2O/c8-7-2-1-5(3-10-7)6(9)4-11/h1-3,6,11H,4,9H2. The Morgan fingerprint density at radius 3 is 2.82 bits per heavy atom. The normalized spacial score (nSPS) is 13.0. The lowest BCUT2D eigenvalue weighted by Crippen LogP contribution is -2.14. The molecule has 0 amide bonds. The highest BCUT2D eigenvalue weighted by molar-refractivity contribution is 14.1. The molecule has 1 heterocycles.